The van der Waals surface area contributed by atoms with E-state index in [-0.39, 0.29) is 17.9 Å². The molecule has 3 aromatic carbocycles. The quantitative estimate of drug-likeness (QED) is 0.0969. The molecule has 10 heteroatoms. The van der Waals surface area contributed by atoms with Crippen molar-refractivity contribution in [1.82, 2.24) is 0 Å². The second-order valence-electron chi connectivity index (χ2n) is 7.11. The zero-order valence-electron chi connectivity index (χ0n) is 17.6. The van der Waals surface area contributed by atoms with Gasteiger partial charge in [-0.05, 0) is 105 Å². The predicted molar refractivity (Wildman–Crippen MR) is 143 cm³/mol. The minimum absolute atomic E-state index is 0.0125. The molecule has 1 amide bonds. The standard InChI is InChI=1S/C24H16BrClIN3O4/c1-14-2-5-18(11-21(14)26)29-24(31)17(12-28)8-16-9-20(25)23(22(27)10-16)34-13-15-3-6-19(7-4-15)30(32)33/h2-11H,13H2,1H3,(H,29,31)/b17-8-. The Kier molecular flexibility index (Phi) is 8.66. The Morgan fingerprint density at radius 1 is 1.26 bits per heavy atom. The third-order valence-electron chi connectivity index (χ3n) is 4.66. The Hall–Kier alpha value is -2.94. The summed E-state index contributed by atoms with van der Waals surface area (Å²) in [6, 6.07) is 16.7. The van der Waals surface area contributed by atoms with Crippen molar-refractivity contribution < 1.29 is 14.5 Å². The number of nitrogens with one attached hydrogen (secondary N) is 1. The first-order valence-electron chi connectivity index (χ1n) is 9.72. The van der Waals surface area contributed by atoms with Gasteiger partial charge in [0.1, 0.15) is 24.0 Å². The first kappa shape index (κ1) is 25.7. The van der Waals surface area contributed by atoms with E-state index < -0.39 is 10.8 Å². The van der Waals surface area contributed by atoms with Crippen molar-refractivity contribution in [2.45, 2.75) is 13.5 Å². The highest BCUT2D eigenvalue weighted by molar-refractivity contribution is 14.1. The highest BCUT2D eigenvalue weighted by Crippen LogP contribution is 2.33. The van der Waals surface area contributed by atoms with E-state index in [0.29, 0.717) is 26.5 Å². The van der Waals surface area contributed by atoms with Gasteiger partial charge in [0.15, 0.2) is 0 Å². The molecular weight excluding hydrogens is 637 g/mol. The summed E-state index contributed by atoms with van der Waals surface area (Å²) >= 11 is 11.7. The topological polar surface area (TPSA) is 105 Å². The molecule has 3 aromatic rings. The molecule has 0 saturated heterocycles. The van der Waals surface area contributed by atoms with Gasteiger partial charge in [-0.3, -0.25) is 14.9 Å². The van der Waals surface area contributed by atoms with E-state index in [1.54, 1.807) is 42.5 Å². The maximum absolute atomic E-state index is 12.6. The van der Waals surface area contributed by atoms with Crippen molar-refractivity contribution in [3.05, 3.63) is 100 Å². The smallest absolute Gasteiger partial charge is 0.269 e. The van der Waals surface area contributed by atoms with Crippen LogP contribution in [0.4, 0.5) is 11.4 Å². The molecule has 0 spiro atoms. The van der Waals surface area contributed by atoms with Crippen LogP contribution in [0.25, 0.3) is 6.08 Å². The summed E-state index contributed by atoms with van der Waals surface area (Å²) in [5, 5.41) is 23.5. The van der Waals surface area contributed by atoms with E-state index in [1.165, 1.54) is 18.2 Å². The molecule has 3 rings (SSSR count). The van der Waals surface area contributed by atoms with Crippen molar-refractivity contribution in [3.8, 4) is 11.8 Å². The van der Waals surface area contributed by atoms with Gasteiger partial charge in [0.25, 0.3) is 11.6 Å². The van der Waals surface area contributed by atoms with Gasteiger partial charge in [-0.15, -0.1) is 0 Å². The fraction of sp³-hybridized carbons (Fsp3) is 0.0833. The van der Waals surface area contributed by atoms with Gasteiger partial charge in [-0.25, -0.2) is 0 Å². The minimum atomic E-state index is -0.549. The molecule has 0 radical (unpaired) electrons. The number of nitro groups is 1. The number of aryl methyl sites for hydroxylation is 1. The number of halogens is 3. The Labute approximate surface area is 222 Å². The van der Waals surface area contributed by atoms with Crippen LogP contribution in [0.15, 0.2) is 64.6 Å². The second kappa shape index (κ2) is 11.5. The van der Waals surface area contributed by atoms with Crippen molar-refractivity contribution in [3.63, 3.8) is 0 Å². The molecule has 172 valence electrons. The summed E-state index contributed by atoms with van der Waals surface area (Å²) in [5.74, 6) is 0.0282. The number of carbonyl (C=O) groups excluding carboxylic acids is 1. The van der Waals surface area contributed by atoms with Crippen LogP contribution in [0.5, 0.6) is 5.75 Å². The fourth-order valence-corrected chi connectivity index (χ4v) is 4.80. The summed E-state index contributed by atoms with van der Waals surface area (Å²) in [6.07, 6.45) is 1.48. The molecule has 0 saturated carbocycles. The molecule has 0 unspecified atom stereocenters. The van der Waals surface area contributed by atoms with Crippen molar-refractivity contribution in [2.24, 2.45) is 0 Å². The molecule has 34 heavy (non-hydrogen) atoms. The number of rotatable bonds is 7. The molecule has 0 aromatic heterocycles. The number of ether oxygens (including phenoxy) is 1. The van der Waals surface area contributed by atoms with Crippen LogP contribution < -0.4 is 10.1 Å². The van der Waals surface area contributed by atoms with Gasteiger partial charge in [0, 0.05) is 22.8 Å². The molecule has 0 atom stereocenters. The molecule has 0 bridgehead atoms. The summed E-state index contributed by atoms with van der Waals surface area (Å²) in [5.41, 5.74) is 2.72. The second-order valence-corrected chi connectivity index (χ2v) is 9.54. The SMILES string of the molecule is Cc1ccc(NC(=O)/C(C#N)=C\c2cc(Br)c(OCc3ccc([N+](=O)[O-])cc3)c(I)c2)cc1Cl. The van der Waals surface area contributed by atoms with Crippen LogP contribution in [0.2, 0.25) is 5.02 Å². The zero-order chi connectivity index (χ0) is 24.8. The largest absolute Gasteiger partial charge is 0.487 e. The number of nitriles is 1. The summed E-state index contributed by atoms with van der Waals surface area (Å²) < 4.78 is 7.27. The number of nitro benzene ring substituents is 1. The van der Waals surface area contributed by atoms with Crippen molar-refractivity contribution in [2.75, 3.05) is 5.32 Å². The van der Waals surface area contributed by atoms with E-state index in [4.69, 9.17) is 16.3 Å². The van der Waals surface area contributed by atoms with Crippen LogP contribution in [0, 0.1) is 31.9 Å². The summed E-state index contributed by atoms with van der Waals surface area (Å²) in [7, 11) is 0. The molecule has 0 aliphatic heterocycles. The van der Waals surface area contributed by atoms with E-state index in [2.05, 4.69) is 43.8 Å². The van der Waals surface area contributed by atoms with Gasteiger partial charge in [-0.1, -0.05) is 17.7 Å². The van der Waals surface area contributed by atoms with E-state index in [9.17, 15) is 20.2 Å². The Balaban J connectivity index is 1.75. The van der Waals surface area contributed by atoms with E-state index >= 15 is 0 Å². The number of hydrogen-bond acceptors (Lipinski definition) is 5. The Morgan fingerprint density at radius 2 is 1.97 bits per heavy atom. The lowest BCUT2D eigenvalue weighted by Crippen LogP contribution is -2.13. The average molecular weight is 653 g/mol. The van der Waals surface area contributed by atoms with Gasteiger partial charge >= 0.3 is 0 Å². The average Bonchev–Trinajstić information content (AvgIpc) is 2.79. The third-order valence-corrected chi connectivity index (χ3v) is 6.45. The van der Waals surface area contributed by atoms with Crippen LogP contribution >= 0.6 is 50.1 Å². The van der Waals surface area contributed by atoms with E-state index in [0.717, 1.165) is 14.7 Å². The van der Waals surface area contributed by atoms with E-state index in [1.807, 2.05) is 13.0 Å². The van der Waals surface area contributed by atoms with Crippen LogP contribution in [-0.4, -0.2) is 10.8 Å². The molecule has 7 nitrogen and oxygen atoms in total. The van der Waals surface area contributed by atoms with Crippen LogP contribution in [0.3, 0.4) is 0 Å². The minimum Gasteiger partial charge on any atom is -0.487 e. The highest BCUT2D eigenvalue weighted by atomic mass is 127. The highest BCUT2D eigenvalue weighted by Gasteiger charge is 2.14. The molecule has 0 aliphatic rings. The lowest BCUT2D eigenvalue weighted by Gasteiger charge is -2.12. The maximum Gasteiger partial charge on any atom is 0.269 e. The number of hydrogen-bond donors (Lipinski definition) is 1. The van der Waals surface area contributed by atoms with Crippen molar-refractivity contribution in [1.29, 1.82) is 5.26 Å². The number of non-ortho nitro benzene ring substituents is 1. The number of benzene rings is 3. The molecule has 0 fully saturated rings. The number of anilines is 1. The number of carbonyl (C=O) groups is 1. The molecular formula is C24H16BrClIN3O4. The third kappa shape index (κ3) is 6.56. The summed E-state index contributed by atoms with van der Waals surface area (Å²) in [4.78, 5) is 22.9. The summed E-state index contributed by atoms with van der Waals surface area (Å²) in [6.45, 7) is 2.07. The molecule has 0 aliphatic carbocycles. The van der Waals surface area contributed by atoms with Gasteiger partial charge < -0.3 is 10.1 Å². The normalized spacial score (nSPS) is 11.0. The predicted octanol–water partition coefficient (Wildman–Crippen LogP) is 7.05. The zero-order valence-corrected chi connectivity index (χ0v) is 22.1. The fourth-order valence-electron chi connectivity index (χ4n) is 2.85. The maximum atomic E-state index is 12.6. The Bertz CT molecular complexity index is 1310. The molecule has 0 heterocycles. The van der Waals surface area contributed by atoms with Crippen LogP contribution in [-0.2, 0) is 11.4 Å². The Morgan fingerprint density at radius 3 is 2.56 bits per heavy atom. The first-order valence-corrected chi connectivity index (χ1v) is 12.0. The molecule has 1 N–H and O–H groups in total. The van der Waals surface area contributed by atoms with Crippen LogP contribution in [0.1, 0.15) is 16.7 Å². The lowest BCUT2D eigenvalue weighted by atomic mass is 10.1. The lowest BCUT2D eigenvalue weighted by molar-refractivity contribution is -0.384. The first-order chi connectivity index (χ1) is 16.2. The number of amides is 1. The monoisotopic (exact) mass is 651 g/mol. The van der Waals surface area contributed by atoms with Gasteiger partial charge in [0.05, 0.1) is 13.0 Å². The number of nitrogens with zero attached hydrogens (tertiary/aromatic N) is 2. The van der Waals surface area contributed by atoms with Gasteiger partial charge in [0.2, 0.25) is 0 Å². The van der Waals surface area contributed by atoms with Crippen molar-refractivity contribution >= 4 is 73.5 Å². The van der Waals surface area contributed by atoms with Gasteiger partial charge in [-0.2, -0.15) is 5.26 Å².